The van der Waals surface area contributed by atoms with E-state index in [0.29, 0.717) is 17.4 Å². The van der Waals surface area contributed by atoms with Crippen LogP contribution in [0.3, 0.4) is 0 Å². The fourth-order valence-electron chi connectivity index (χ4n) is 5.89. The van der Waals surface area contributed by atoms with Gasteiger partial charge in [-0.1, -0.05) is 170 Å². The first-order valence-electron chi connectivity index (χ1n) is 22.3. The second-order valence-electron chi connectivity index (χ2n) is 16.0. The number of nitrogens with zero attached hydrogens (tertiary/aromatic N) is 1. The van der Waals surface area contributed by atoms with Crippen molar-refractivity contribution < 1.29 is 32.9 Å². The highest BCUT2D eigenvalue weighted by atomic mass is 31.2. The Labute approximate surface area is 344 Å². The Kier molecular flexibility index (Phi) is 37.0. The molecule has 0 aromatic carbocycles. The van der Waals surface area contributed by atoms with Crippen molar-refractivity contribution in [3.63, 3.8) is 0 Å². The summed E-state index contributed by atoms with van der Waals surface area (Å²) in [7, 11) is 1.54. The maximum atomic E-state index is 12.9. The number of hydrogen-bond acceptors (Lipinski definition) is 5. The highest BCUT2D eigenvalue weighted by Gasteiger charge is 2.27. The van der Waals surface area contributed by atoms with E-state index in [1.807, 2.05) is 27.2 Å². The van der Waals surface area contributed by atoms with Crippen molar-refractivity contribution in [3.05, 3.63) is 72.9 Å². The van der Waals surface area contributed by atoms with Gasteiger partial charge in [0.1, 0.15) is 13.2 Å². The Morgan fingerprint density at radius 2 is 1.07 bits per heavy atom. The molecule has 3 atom stereocenters. The zero-order valence-electron chi connectivity index (χ0n) is 36.6. The summed E-state index contributed by atoms with van der Waals surface area (Å²) in [5, 5.41) is 13.8. The molecule has 0 bridgehead atoms. The van der Waals surface area contributed by atoms with Gasteiger partial charge in [-0.25, -0.2) is 4.57 Å². The first-order chi connectivity index (χ1) is 27.0. The molecule has 3 N–H and O–H groups in total. The predicted octanol–water partition coefficient (Wildman–Crippen LogP) is 12.4. The molecule has 0 radical (unpaired) electrons. The Hall–Kier alpha value is -2.06. The lowest BCUT2D eigenvalue weighted by atomic mass is 10.0. The van der Waals surface area contributed by atoms with Crippen molar-refractivity contribution in [2.24, 2.45) is 0 Å². The summed E-state index contributed by atoms with van der Waals surface area (Å²) in [5.74, 6) is -0.212. The van der Waals surface area contributed by atoms with Gasteiger partial charge in [-0.2, -0.15) is 0 Å². The number of carbonyl (C=O) groups is 1. The smallest absolute Gasteiger partial charge is 0.387 e. The van der Waals surface area contributed by atoms with Crippen molar-refractivity contribution in [2.45, 2.75) is 180 Å². The minimum Gasteiger partial charge on any atom is -0.387 e. The molecule has 0 aromatic rings. The van der Waals surface area contributed by atoms with Crippen molar-refractivity contribution in [1.82, 2.24) is 5.32 Å². The topological polar surface area (TPSA) is 105 Å². The van der Waals surface area contributed by atoms with Gasteiger partial charge in [0.25, 0.3) is 0 Å². The molecule has 324 valence electrons. The fourth-order valence-corrected chi connectivity index (χ4v) is 6.63. The Morgan fingerprint density at radius 3 is 1.57 bits per heavy atom. The first kappa shape index (κ1) is 53.9. The van der Waals surface area contributed by atoms with Gasteiger partial charge in [0.2, 0.25) is 5.91 Å². The summed E-state index contributed by atoms with van der Waals surface area (Å²) in [6.45, 7) is 4.65. The van der Waals surface area contributed by atoms with Gasteiger partial charge in [-0.3, -0.25) is 13.8 Å². The number of carbonyl (C=O) groups excluding carboxylic acids is 1. The third-order valence-corrected chi connectivity index (χ3v) is 10.4. The van der Waals surface area contributed by atoms with Gasteiger partial charge >= 0.3 is 7.82 Å². The van der Waals surface area contributed by atoms with Crippen molar-refractivity contribution >= 4 is 13.7 Å². The lowest BCUT2D eigenvalue weighted by Crippen LogP contribution is -2.45. The van der Waals surface area contributed by atoms with Crippen LogP contribution in [0.2, 0.25) is 0 Å². The summed E-state index contributed by atoms with van der Waals surface area (Å²) in [4.78, 5) is 23.1. The summed E-state index contributed by atoms with van der Waals surface area (Å²) >= 11 is 0. The normalized spacial score (nSPS) is 15.1. The van der Waals surface area contributed by atoms with Crippen molar-refractivity contribution in [3.8, 4) is 0 Å². The molecule has 0 saturated carbocycles. The summed E-state index contributed by atoms with van der Waals surface area (Å²) in [5.41, 5.74) is 0. The van der Waals surface area contributed by atoms with Crippen LogP contribution in [0.5, 0.6) is 0 Å². The standard InChI is InChI=1S/C47H85N2O6P/c1-6-8-10-12-14-16-18-20-22-23-24-25-27-29-31-33-35-37-39-41-47(51)48-45(44-55-56(52,53)54-43-42-49(3,4)5)46(50)40-38-36-34-32-30-28-26-21-19-17-15-13-11-9-7-2/h8,10,14,16,20,22,24-25,29,31,38,40,45-46,50H,6-7,9,11-13,15,17-19,21,23,26-28,30,32-37,39,41-44H2,1-5H3,(H-,48,51,52,53)/p+1/b10-8-,16-14-,22-20-,25-24-,31-29-,40-38+. The SMILES string of the molecule is CC/C=C\C/C=C\C/C=C\C/C=C\C/C=C\CCCCCC(=O)NC(COP(=O)(O)OCC[N+](C)(C)C)C(O)/C=C/CCCCCCCCCCCCCCC. The van der Waals surface area contributed by atoms with Gasteiger partial charge in [-0.05, 0) is 64.2 Å². The minimum atomic E-state index is -4.35. The third kappa shape index (κ3) is 40.1. The molecule has 8 nitrogen and oxygen atoms in total. The van der Waals surface area contributed by atoms with Crippen LogP contribution in [0.4, 0.5) is 0 Å². The van der Waals surface area contributed by atoms with Gasteiger partial charge in [0, 0.05) is 6.42 Å². The molecule has 0 spiro atoms. The monoisotopic (exact) mass is 806 g/mol. The average molecular weight is 806 g/mol. The number of amides is 1. The molecule has 0 aromatic heterocycles. The largest absolute Gasteiger partial charge is 0.472 e. The molecule has 0 saturated heterocycles. The highest BCUT2D eigenvalue weighted by molar-refractivity contribution is 7.47. The fraction of sp³-hybridized carbons (Fsp3) is 0.723. The number of rotatable bonds is 39. The number of allylic oxidation sites excluding steroid dienone is 11. The van der Waals surface area contributed by atoms with E-state index < -0.39 is 20.0 Å². The number of quaternary nitrogens is 1. The number of likely N-dealkylation sites (N-methyl/N-ethyl adjacent to an activating group) is 1. The summed E-state index contributed by atoms with van der Waals surface area (Å²) < 4.78 is 23.5. The maximum Gasteiger partial charge on any atom is 0.472 e. The lowest BCUT2D eigenvalue weighted by Gasteiger charge is -2.25. The molecule has 3 unspecified atom stereocenters. The predicted molar refractivity (Wildman–Crippen MR) is 240 cm³/mol. The molecular weight excluding hydrogens is 719 g/mol. The Bertz CT molecular complexity index is 1140. The van der Waals surface area contributed by atoms with Crippen LogP contribution in [-0.2, 0) is 18.4 Å². The van der Waals surface area contributed by atoms with Crippen molar-refractivity contribution in [1.29, 1.82) is 0 Å². The van der Waals surface area contributed by atoms with Crippen LogP contribution in [0.25, 0.3) is 0 Å². The molecular formula is C47H86N2O6P+. The molecule has 0 aliphatic carbocycles. The molecule has 0 aliphatic heterocycles. The maximum absolute atomic E-state index is 12.9. The van der Waals surface area contributed by atoms with E-state index in [9.17, 15) is 19.4 Å². The van der Waals surface area contributed by atoms with Crippen LogP contribution in [0.1, 0.15) is 168 Å². The third-order valence-electron chi connectivity index (χ3n) is 9.43. The quantitative estimate of drug-likeness (QED) is 0.0247. The number of unbranched alkanes of at least 4 members (excludes halogenated alkanes) is 16. The molecule has 0 aliphatic rings. The second kappa shape index (κ2) is 38.5. The molecule has 0 heterocycles. The first-order valence-corrected chi connectivity index (χ1v) is 23.8. The van der Waals surface area contributed by atoms with E-state index >= 15 is 0 Å². The highest BCUT2D eigenvalue weighted by Crippen LogP contribution is 2.43. The average Bonchev–Trinajstić information content (AvgIpc) is 3.15. The number of aliphatic hydroxyl groups excluding tert-OH is 1. The van der Waals surface area contributed by atoms with Crippen LogP contribution >= 0.6 is 7.82 Å². The van der Waals surface area contributed by atoms with E-state index in [0.717, 1.165) is 77.0 Å². The zero-order valence-corrected chi connectivity index (χ0v) is 37.5. The Morgan fingerprint density at radius 1 is 0.625 bits per heavy atom. The van der Waals surface area contributed by atoms with E-state index in [-0.39, 0.29) is 19.1 Å². The summed E-state index contributed by atoms with van der Waals surface area (Å²) in [6, 6.07) is -0.867. The second-order valence-corrected chi connectivity index (χ2v) is 17.5. The lowest BCUT2D eigenvalue weighted by molar-refractivity contribution is -0.870. The number of phosphoric ester groups is 1. The van der Waals surface area contributed by atoms with Crippen LogP contribution in [-0.4, -0.2) is 73.4 Å². The van der Waals surface area contributed by atoms with Gasteiger partial charge in [-0.15, -0.1) is 0 Å². The van der Waals surface area contributed by atoms with Crippen LogP contribution < -0.4 is 5.32 Å². The van der Waals surface area contributed by atoms with E-state index in [4.69, 9.17) is 9.05 Å². The number of phosphoric acid groups is 1. The molecule has 9 heteroatoms. The van der Waals surface area contributed by atoms with Crippen LogP contribution in [0.15, 0.2) is 72.9 Å². The number of hydrogen-bond donors (Lipinski definition) is 3. The minimum absolute atomic E-state index is 0.0511. The van der Waals surface area contributed by atoms with E-state index in [1.54, 1.807) is 6.08 Å². The van der Waals surface area contributed by atoms with Crippen LogP contribution in [0, 0.1) is 0 Å². The zero-order chi connectivity index (χ0) is 41.4. The van der Waals surface area contributed by atoms with Gasteiger partial charge < -0.3 is 19.8 Å². The number of aliphatic hydroxyl groups is 1. The van der Waals surface area contributed by atoms with Gasteiger partial charge in [0.05, 0.1) is 39.9 Å². The molecule has 0 rings (SSSR count). The number of nitrogens with one attached hydrogen (secondary N) is 1. The Balaban J connectivity index is 4.52. The summed E-state index contributed by atoms with van der Waals surface area (Å²) in [6.07, 6.45) is 51.1. The van der Waals surface area contributed by atoms with E-state index in [2.05, 4.69) is 79.9 Å². The molecule has 0 fully saturated rings. The van der Waals surface area contributed by atoms with E-state index in [1.165, 1.54) is 70.6 Å². The molecule has 1 amide bonds. The molecule has 56 heavy (non-hydrogen) atoms. The van der Waals surface area contributed by atoms with Crippen molar-refractivity contribution in [2.75, 3.05) is 40.9 Å². The van der Waals surface area contributed by atoms with Gasteiger partial charge in [0.15, 0.2) is 0 Å².